The second kappa shape index (κ2) is 9.14. The van der Waals surface area contributed by atoms with Gasteiger partial charge in [-0.25, -0.2) is 4.67 Å². The number of carbonyl (C=O) groups excluding carboxylic acids is 1. The monoisotopic (exact) mass is 282 g/mol. The lowest BCUT2D eigenvalue weighted by atomic mass is 10.3. The van der Waals surface area contributed by atoms with Gasteiger partial charge in [-0.15, -0.1) is 0 Å². The molecular formula is C10H23N2O3PS. The van der Waals surface area contributed by atoms with Crippen LogP contribution in [0.5, 0.6) is 0 Å². The topological polar surface area (TPSA) is 64.0 Å². The van der Waals surface area contributed by atoms with E-state index in [9.17, 15) is 14.6 Å². The summed E-state index contributed by atoms with van der Waals surface area (Å²) < 4.78 is 1.29. The second-order valence-corrected chi connectivity index (χ2v) is 7.00. The summed E-state index contributed by atoms with van der Waals surface area (Å²) in [7, 11) is 0. The quantitative estimate of drug-likeness (QED) is 0.457. The van der Waals surface area contributed by atoms with E-state index in [1.165, 1.54) is 4.67 Å². The first kappa shape index (κ1) is 17.2. The summed E-state index contributed by atoms with van der Waals surface area (Å²) in [5.41, 5.74) is 0. The molecule has 0 unspecified atom stereocenters. The molecule has 0 amide bonds. The molecule has 102 valence electrons. The summed E-state index contributed by atoms with van der Waals surface area (Å²) >= 11 is 4.62. The molecule has 0 aliphatic heterocycles. The Hall–Kier alpha value is 0.160. The van der Waals surface area contributed by atoms with Crippen LogP contribution in [0.25, 0.3) is 0 Å². The molecule has 7 heteroatoms. The maximum absolute atomic E-state index is 10.5. The van der Waals surface area contributed by atoms with Crippen LogP contribution < -0.4 is 0 Å². The molecule has 0 saturated heterocycles. The zero-order valence-electron chi connectivity index (χ0n) is 10.6. The lowest BCUT2D eigenvalue weighted by Crippen LogP contribution is -2.35. The molecule has 0 spiro atoms. The second-order valence-electron chi connectivity index (χ2n) is 3.93. The van der Waals surface area contributed by atoms with Gasteiger partial charge in [0.05, 0.1) is 6.54 Å². The normalized spacial score (nSPS) is 12.4. The van der Waals surface area contributed by atoms with Crippen LogP contribution in [0.1, 0.15) is 26.7 Å². The maximum Gasteiger partial charge on any atom is 0.259 e. The third kappa shape index (κ3) is 7.97. The van der Waals surface area contributed by atoms with E-state index in [0.717, 1.165) is 25.9 Å². The van der Waals surface area contributed by atoms with Crippen LogP contribution in [-0.2, 0) is 16.6 Å². The number of nitrogens with zero attached hydrogens (tertiary/aromatic N) is 2. The average molecular weight is 282 g/mol. The molecule has 0 saturated carbocycles. The molecule has 17 heavy (non-hydrogen) atoms. The summed E-state index contributed by atoms with van der Waals surface area (Å²) in [5.74, 6) is 0. The summed E-state index contributed by atoms with van der Waals surface area (Å²) in [6.07, 6.45) is 2.76. The van der Waals surface area contributed by atoms with Crippen molar-refractivity contribution < 1.29 is 14.6 Å². The Morgan fingerprint density at radius 1 is 1.12 bits per heavy atom. The molecule has 0 aromatic heterocycles. The molecule has 0 bridgehead atoms. The van der Waals surface area contributed by atoms with Gasteiger partial charge >= 0.3 is 0 Å². The Bertz CT molecular complexity index is 254. The van der Waals surface area contributed by atoms with Crippen molar-refractivity contribution in [2.45, 2.75) is 26.7 Å². The zero-order chi connectivity index (χ0) is 13.3. The third-order valence-electron chi connectivity index (χ3n) is 2.41. The summed E-state index contributed by atoms with van der Waals surface area (Å²) in [4.78, 5) is 31.5. The first-order valence-corrected chi connectivity index (χ1v) is 8.58. The molecular weight excluding hydrogens is 259 g/mol. The predicted molar refractivity (Wildman–Crippen MR) is 73.4 cm³/mol. The highest BCUT2D eigenvalue weighted by Gasteiger charge is 2.20. The van der Waals surface area contributed by atoms with Crippen LogP contribution in [-0.4, -0.2) is 58.4 Å². The van der Waals surface area contributed by atoms with E-state index < -0.39 is 6.64 Å². The minimum Gasteiger partial charge on any atom is -0.334 e. The summed E-state index contributed by atoms with van der Waals surface area (Å²) in [5, 5.41) is 0. The lowest BCUT2D eigenvalue weighted by Gasteiger charge is -2.28. The Balaban J connectivity index is 4.25. The Kier molecular flexibility index (Phi) is 9.22. The van der Waals surface area contributed by atoms with E-state index in [-0.39, 0.29) is 6.54 Å². The van der Waals surface area contributed by atoms with Crippen LogP contribution in [0.3, 0.4) is 0 Å². The number of carbonyl (C=O) groups is 1. The largest absolute Gasteiger partial charge is 0.334 e. The molecule has 0 radical (unpaired) electrons. The Labute approximate surface area is 109 Å². The Morgan fingerprint density at radius 2 is 1.65 bits per heavy atom. The number of hydrogen-bond acceptors (Lipinski definition) is 3. The summed E-state index contributed by atoms with van der Waals surface area (Å²) in [6, 6.07) is 0. The minimum atomic E-state index is -3.48. The van der Waals surface area contributed by atoms with Crippen molar-refractivity contribution in [3.05, 3.63) is 0 Å². The van der Waals surface area contributed by atoms with Gasteiger partial charge in [-0.3, -0.25) is 0 Å². The molecule has 0 aromatic rings. The van der Waals surface area contributed by atoms with Gasteiger partial charge in [-0.1, -0.05) is 13.8 Å². The SMILES string of the molecule is CCCN(CCC)CCN(CC=O)P(O)(O)=S. The van der Waals surface area contributed by atoms with Gasteiger partial charge in [0.25, 0.3) is 6.64 Å². The van der Waals surface area contributed by atoms with Gasteiger partial charge in [0.15, 0.2) is 0 Å². The van der Waals surface area contributed by atoms with Gasteiger partial charge in [0.1, 0.15) is 6.29 Å². The minimum absolute atomic E-state index is 0.0175. The van der Waals surface area contributed by atoms with Crippen LogP contribution in [0.15, 0.2) is 0 Å². The number of rotatable bonds is 10. The van der Waals surface area contributed by atoms with Crippen LogP contribution in [0, 0.1) is 0 Å². The highest BCUT2D eigenvalue weighted by atomic mass is 32.5. The van der Waals surface area contributed by atoms with Gasteiger partial charge in [0.2, 0.25) is 0 Å². The first-order chi connectivity index (χ1) is 7.95. The van der Waals surface area contributed by atoms with Crippen LogP contribution in [0.2, 0.25) is 0 Å². The molecule has 0 atom stereocenters. The van der Waals surface area contributed by atoms with E-state index in [1.807, 2.05) is 0 Å². The first-order valence-electron chi connectivity index (χ1n) is 5.92. The van der Waals surface area contributed by atoms with E-state index in [1.54, 1.807) is 0 Å². The highest BCUT2D eigenvalue weighted by molar-refractivity contribution is 8.07. The molecule has 0 aromatic carbocycles. The smallest absolute Gasteiger partial charge is 0.259 e. The highest BCUT2D eigenvalue weighted by Crippen LogP contribution is 2.39. The predicted octanol–water partition coefficient (Wildman–Crippen LogP) is 0.818. The van der Waals surface area contributed by atoms with Crippen LogP contribution >= 0.6 is 6.64 Å². The fourth-order valence-electron chi connectivity index (χ4n) is 1.64. The van der Waals surface area contributed by atoms with Crippen molar-refractivity contribution in [2.75, 3.05) is 32.7 Å². The molecule has 0 aliphatic rings. The molecule has 0 heterocycles. The molecule has 0 fully saturated rings. The third-order valence-corrected chi connectivity index (χ3v) is 4.20. The van der Waals surface area contributed by atoms with Crippen LogP contribution in [0.4, 0.5) is 0 Å². The fourth-order valence-corrected chi connectivity index (χ4v) is 2.71. The van der Waals surface area contributed by atoms with Crippen molar-refractivity contribution in [1.29, 1.82) is 0 Å². The van der Waals surface area contributed by atoms with E-state index in [2.05, 4.69) is 30.6 Å². The van der Waals surface area contributed by atoms with Gasteiger partial charge in [0, 0.05) is 13.1 Å². The van der Waals surface area contributed by atoms with Crippen molar-refractivity contribution in [2.24, 2.45) is 0 Å². The number of aldehydes is 1. The zero-order valence-corrected chi connectivity index (χ0v) is 12.3. The van der Waals surface area contributed by atoms with Crippen molar-refractivity contribution in [3.8, 4) is 0 Å². The van der Waals surface area contributed by atoms with Gasteiger partial charge in [-0.2, -0.15) is 0 Å². The van der Waals surface area contributed by atoms with Crippen molar-refractivity contribution in [1.82, 2.24) is 9.57 Å². The van der Waals surface area contributed by atoms with E-state index >= 15 is 0 Å². The number of hydrogen-bond donors (Lipinski definition) is 2. The maximum atomic E-state index is 10.5. The molecule has 0 rings (SSSR count). The Morgan fingerprint density at radius 3 is 2.00 bits per heavy atom. The van der Waals surface area contributed by atoms with E-state index in [0.29, 0.717) is 19.4 Å². The molecule has 0 aliphatic carbocycles. The van der Waals surface area contributed by atoms with Gasteiger partial charge < -0.3 is 19.5 Å². The van der Waals surface area contributed by atoms with Gasteiger partial charge in [-0.05, 0) is 37.7 Å². The standard InChI is InChI=1S/C10H23N2O3PS/c1-3-5-11(6-4-2)7-8-12(9-10-13)16(14,15)17/h10H,3-9H2,1-2H3,(H2,14,15,17). The average Bonchev–Trinajstić information content (AvgIpc) is 2.23. The summed E-state index contributed by atoms with van der Waals surface area (Å²) in [6.45, 7) is 3.79. The molecule has 5 nitrogen and oxygen atoms in total. The van der Waals surface area contributed by atoms with Crippen molar-refractivity contribution >= 4 is 24.7 Å². The fraction of sp³-hybridized carbons (Fsp3) is 0.900. The molecule has 2 N–H and O–H groups in total. The van der Waals surface area contributed by atoms with E-state index in [4.69, 9.17) is 0 Å². The lowest BCUT2D eigenvalue weighted by molar-refractivity contribution is -0.108. The van der Waals surface area contributed by atoms with Crippen molar-refractivity contribution in [3.63, 3.8) is 0 Å².